The molecule has 4 nitrogen and oxygen atoms in total. The minimum absolute atomic E-state index is 0.649. The highest BCUT2D eigenvalue weighted by Gasteiger charge is 2.10. The standard InChI is InChI=1S/C19H20ClN3O/c1-3-24-18-10-5-4-7-15(18)12-21-19-22-13-17(23(19)2)14-8-6-9-16(20)11-14/h4-11,13H,3,12H2,1-2H3,(H,21,22). The number of halogens is 1. The molecule has 0 saturated carbocycles. The summed E-state index contributed by atoms with van der Waals surface area (Å²) in [5.41, 5.74) is 3.16. The van der Waals surface area contributed by atoms with E-state index in [9.17, 15) is 0 Å². The van der Waals surface area contributed by atoms with E-state index in [2.05, 4.69) is 16.4 Å². The molecule has 1 heterocycles. The van der Waals surface area contributed by atoms with Crippen molar-refractivity contribution in [3.8, 4) is 17.0 Å². The smallest absolute Gasteiger partial charge is 0.203 e. The van der Waals surface area contributed by atoms with Gasteiger partial charge in [-0.1, -0.05) is 41.9 Å². The Bertz CT molecular complexity index is 829. The lowest BCUT2D eigenvalue weighted by molar-refractivity contribution is 0.337. The van der Waals surface area contributed by atoms with Crippen LogP contribution in [-0.2, 0) is 13.6 Å². The Kier molecular flexibility index (Phi) is 5.06. The number of ether oxygens (including phenoxy) is 1. The van der Waals surface area contributed by atoms with Gasteiger partial charge >= 0.3 is 0 Å². The number of nitrogens with one attached hydrogen (secondary N) is 1. The quantitative estimate of drug-likeness (QED) is 0.703. The second-order valence-electron chi connectivity index (χ2n) is 5.43. The summed E-state index contributed by atoms with van der Waals surface area (Å²) in [5.74, 6) is 1.70. The Labute approximate surface area is 147 Å². The molecule has 0 aliphatic rings. The first kappa shape index (κ1) is 16.4. The van der Waals surface area contributed by atoms with Crippen LogP contribution in [0.25, 0.3) is 11.3 Å². The Morgan fingerprint density at radius 1 is 1.17 bits per heavy atom. The van der Waals surface area contributed by atoms with Gasteiger partial charge in [-0.3, -0.25) is 0 Å². The average Bonchev–Trinajstić information content (AvgIpc) is 2.95. The minimum Gasteiger partial charge on any atom is -0.494 e. The van der Waals surface area contributed by atoms with Crippen LogP contribution in [0.3, 0.4) is 0 Å². The molecule has 0 aliphatic heterocycles. The molecule has 1 N–H and O–H groups in total. The number of para-hydroxylation sites is 1. The molecule has 0 fully saturated rings. The first-order valence-electron chi connectivity index (χ1n) is 7.91. The lowest BCUT2D eigenvalue weighted by atomic mass is 10.2. The lowest BCUT2D eigenvalue weighted by Gasteiger charge is -2.12. The zero-order valence-corrected chi connectivity index (χ0v) is 14.5. The van der Waals surface area contributed by atoms with E-state index in [0.717, 1.165) is 28.5 Å². The highest BCUT2D eigenvalue weighted by Crippen LogP contribution is 2.25. The number of hydrogen-bond acceptors (Lipinski definition) is 3. The number of hydrogen-bond donors (Lipinski definition) is 1. The zero-order chi connectivity index (χ0) is 16.9. The van der Waals surface area contributed by atoms with E-state index < -0.39 is 0 Å². The summed E-state index contributed by atoms with van der Waals surface area (Å²) in [7, 11) is 1.99. The van der Waals surface area contributed by atoms with Crippen molar-refractivity contribution in [2.75, 3.05) is 11.9 Å². The molecular formula is C19H20ClN3O. The molecular weight excluding hydrogens is 322 g/mol. The van der Waals surface area contributed by atoms with Crippen LogP contribution in [0.2, 0.25) is 5.02 Å². The third-order valence-corrected chi connectivity index (χ3v) is 4.05. The Morgan fingerprint density at radius 2 is 2.00 bits per heavy atom. The second-order valence-corrected chi connectivity index (χ2v) is 5.87. The van der Waals surface area contributed by atoms with Gasteiger partial charge in [0.15, 0.2) is 0 Å². The summed E-state index contributed by atoms with van der Waals surface area (Å²) in [6, 6.07) is 15.8. The summed E-state index contributed by atoms with van der Waals surface area (Å²) in [6.45, 7) is 3.29. The number of imidazole rings is 1. The normalized spacial score (nSPS) is 10.6. The van der Waals surface area contributed by atoms with Crippen LogP contribution in [0, 0.1) is 0 Å². The molecule has 0 amide bonds. The first-order chi connectivity index (χ1) is 11.7. The van der Waals surface area contributed by atoms with Gasteiger partial charge in [0.25, 0.3) is 0 Å². The van der Waals surface area contributed by atoms with E-state index in [-0.39, 0.29) is 0 Å². The highest BCUT2D eigenvalue weighted by atomic mass is 35.5. The molecule has 124 valence electrons. The van der Waals surface area contributed by atoms with Crippen LogP contribution < -0.4 is 10.1 Å². The molecule has 0 spiro atoms. The van der Waals surface area contributed by atoms with E-state index in [1.807, 2.05) is 67.2 Å². The molecule has 24 heavy (non-hydrogen) atoms. The van der Waals surface area contributed by atoms with E-state index in [1.165, 1.54) is 0 Å². The summed E-state index contributed by atoms with van der Waals surface area (Å²) in [6.07, 6.45) is 1.85. The number of aromatic nitrogens is 2. The van der Waals surface area contributed by atoms with Crippen molar-refractivity contribution in [1.29, 1.82) is 0 Å². The van der Waals surface area contributed by atoms with Gasteiger partial charge in [-0.25, -0.2) is 4.98 Å². The Balaban J connectivity index is 1.78. The van der Waals surface area contributed by atoms with E-state index in [0.29, 0.717) is 18.2 Å². The van der Waals surface area contributed by atoms with Crippen molar-refractivity contribution >= 4 is 17.5 Å². The van der Waals surface area contributed by atoms with Crippen molar-refractivity contribution in [1.82, 2.24) is 9.55 Å². The number of benzene rings is 2. The summed E-state index contributed by atoms with van der Waals surface area (Å²) in [5, 5.41) is 4.09. The molecule has 0 radical (unpaired) electrons. The van der Waals surface area contributed by atoms with Gasteiger partial charge in [0.1, 0.15) is 5.75 Å². The predicted molar refractivity (Wildman–Crippen MR) is 98.6 cm³/mol. The maximum Gasteiger partial charge on any atom is 0.203 e. The second kappa shape index (κ2) is 7.41. The number of anilines is 1. The number of rotatable bonds is 6. The molecule has 0 aliphatic carbocycles. The van der Waals surface area contributed by atoms with Crippen LogP contribution in [0.4, 0.5) is 5.95 Å². The van der Waals surface area contributed by atoms with Crippen molar-refractivity contribution in [3.05, 3.63) is 65.3 Å². The minimum atomic E-state index is 0.649. The predicted octanol–water partition coefficient (Wildman–Crippen LogP) is 4.75. The highest BCUT2D eigenvalue weighted by molar-refractivity contribution is 6.30. The SMILES string of the molecule is CCOc1ccccc1CNc1ncc(-c2cccc(Cl)c2)n1C. The van der Waals surface area contributed by atoms with Crippen molar-refractivity contribution < 1.29 is 4.74 Å². The molecule has 5 heteroatoms. The molecule has 0 unspecified atom stereocenters. The van der Waals surface area contributed by atoms with Crippen LogP contribution in [0.15, 0.2) is 54.7 Å². The lowest BCUT2D eigenvalue weighted by Crippen LogP contribution is -2.07. The topological polar surface area (TPSA) is 39.1 Å². The van der Waals surface area contributed by atoms with Crippen LogP contribution in [0.5, 0.6) is 5.75 Å². The molecule has 3 rings (SSSR count). The fraction of sp³-hybridized carbons (Fsp3) is 0.211. The maximum absolute atomic E-state index is 6.08. The maximum atomic E-state index is 6.08. The first-order valence-corrected chi connectivity index (χ1v) is 8.29. The summed E-state index contributed by atoms with van der Waals surface area (Å²) < 4.78 is 7.68. The van der Waals surface area contributed by atoms with Gasteiger partial charge in [0, 0.05) is 29.7 Å². The van der Waals surface area contributed by atoms with Gasteiger partial charge in [-0.15, -0.1) is 0 Å². The Morgan fingerprint density at radius 3 is 2.79 bits per heavy atom. The third kappa shape index (κ3) is 3.54. The fourth-order valence-electron chi connectivity index (χ4n) is 2.61. The van der Waals surface area contributed by atoms with Crippen LogP contribution in [-0.4, -0.2) is 16.2 Å². The molecule has 3 aromatic rings. The van der Waals surface area contributed by atoms with Crippen LogP contribution >= 0.6 is 11.6 Å². The van der Waals surface area contributed by atoms with Gasteiger partial charge < -0.3 is 14.6 Å². The van der Waals surface area contributed by atoms with E-state index in [1.54, 1.807) is 0 Å². The zero-order valence-electron chi connectivity index (χ0n) is 13.8. The Hall–Kier alpha value is -2.46. The fourth-order valence-corrected chi connectivity index (χ4v) is 2.80. The summed E-state index contributed by atoms with van der Waals surface area (Å²) in [4.78, 5) is 4.48. The van der Waals surface area contributed by atoms with Crippen molar-refractivity contribution in [3.63, 3.8) is 0 Å². The molecule has 1 aromatic heterocycles. The molecule has 0 bridgehead atoms. The van der Waals surface area contributed by atoms with E-state index >= 15 is 0 Å². The van der Waals surface area contributed by atoms with Gasteiger partial charge in [0.05, 0.1) is 18.5 Å². The van der Waals surface area contributed by atoms with Gasteiger partial charge in [-0.05, 0) is 25.1 Å². The van der Waals surface area contributed by atoms with Crippen molar-refractivity contribution in [2.24, 2.45) is 7.05 Å². The largest absolute Gasteiger partial charge is 0.494 e. The monoisotopic (exact) mass is 341 g/mol. The molecule has 0 atom stereocenters. The van der Waals surface area contributed by atoms with Crippen LogP contribution in [0.1, 0.15) is 12.5 Å². The number of nitrogens with zero attached hydrogens (tertiary/aromatic N) is 2. The van der Waals surface area contributed by atoms with Gasteiger partial charge in [-0.2, -0.15) is 0 Å². The van der Waals surface area contributed by atoms with Gasteiger partial charge in [0.2, 0.25) is 5.95 Å². The van der Waals surface area contributed by atoms with E-state index in [4.69, 9.17) is 16.3 Å². The van der Waals surface area contributed by atoms with Crippen molar-refractivity contribution in [2.45, 2.75) is 13.5 Å². The molecule has 2 aromatic carbocycles. The third-order valence-electron chi connectivity index (χ3n) is 3.82. The average molecular weight is 342 g/mol. The summed E-state index contributed by atoms with van der Waals surface area (Å²) >= 11 is 6.08. The molecule has 0 saturated heterocycles.